The molecule has 6 heteroatoms. The molecule has 20 heavy (non-hydrogen) atoms. The van der Waals surface area contributed by atoms with Crippen molar-refractivity contribution in [2.75, 3.05) is 13.2 Å². The zero-order valence-corrected chi connectivity index (χ0v) is 12.0. The van der Waals surface area contributed by atoms with E-state index in [4.69, 9.17) is 9.84 Å². The van der Waals surface area contributed by atoms with Gasteiger partial charge in [-0.15, -0.1) is 0 Å². The van der Waals surface area contributed by atoms with Crippen LogP contribution < -0.4 is 5.32 Å². The number of carbonyl (C=O) groups is 2. The van der Waals surface area contributed by atoms with E-state index in [1.807, 2.05) is 13.8 Å². The van der Waals surface area contributed by atoms with Gasteiger partial charge in [0.15, 0.2) is 0 Å². The Kier molecular flexibility index (Phi) is 6.79. The van der Waals surface area contributed by atoms with Crippen LogP contribution >= 0.6 is 0 Å². The lowest BCUT2D eigenvalue weighted by Gasteiger charge is -2.09. The maximum Gasteiger partial charge on any atom is 0.323 e. The highest BCUT2D eigenvalue weighted by molar-refractivity contribution is 5.93. The van der Waals surface area contributed by atoms with E-state index in [9.17, 15) is 9.59 Å². The van der Waals surface area contributed by atoms with Gasteiger partial charge in [0.05, 0.1) is 6.10 Å². The Balaban J connectivity index is 2.29. The Morgan fingerprint density at radius 2 is 2.15 bits per heavy atom. The predicted octanol–water partition coefficient (Wildman–Crippen LogP) is 1.51. The fourth-order valence-electron chi connectivity index (χ4n) is 1.74. The fourth-order valence-corrected chi connectivity index (χ4v) is 1.74. The van der Waals surface area contributed by atoms with Gasteiger partial charge in [-0.05, 0) is 38.8 Å². The molecule has 2 N–H and O–H groups in total. The predicted molar refractivity (Wildman–Crippen MR) is 74.7 cm³/mol. The number of aromatic nitrogens is 1. The van der Waals surface area contributed by atoms with Crippen LogP contribution in [-0.2, 0) is 16.1 Å². The molecule has 0 aliphatic carbocycles. The summed E-state index contributed by atoms with van der Waals surface area (Å²) in [5.41, 5.74) is 0.367. The van der Waals surface area contributed by atoms with E-state index in [-0.39, 0.29) is 18.6 Å². The van der Waals surface area contributed by atoms with Gasteiger partial charge in [-0.2, -0.15) is 0 Å². The van der Waals surface area contributed by atoms with Crippen molar-refractivity contribution in [1.82, 2.24) is 9.88 Å². The monoisotopic (exact) mass is 282 g/mol. The first kappa shape index (κ1) is 16.2. The van der Waals surface area contributed by atoms with Crippen molar-refractivity contribution in [1.29, 1.82) is 0 Å². The highest BCUT2D eigenvalue weighted by atomic mass is 16.5. The van der Waals surface area contributed by atoms with Gasteiger partial charge in [0.2, 0.25) is 0 Å². The van der Waals surface area contributed by atoms with Crippen molar-refractivity contribution < 1.29 is 19.4 Å². The van der Waals surface area contributed by atoms with E-state index in [0.29, 0.717) is 18.8 Å². The number of nitrogens with zero attached hydrogens (tertiary/aromatic N) is 1. The summed E-state index contributed by atoms with van der Waals surface area (Å²) in [5.74, 6) is -1.22. The number of hydrogen-bond donors (Lipinski definition) is 2. The molecule has 1 aromatic rings. The standard InChI is InChI=1S/C14H22N2O4/c1-11(2)20-9-4-3-7-15-14(19)12-6-5-8-16(12)10-13(17)18/h5-6,8,11H,3-4,7,9-10H2,1-2H3,(H,15,19)(H,17,18). The van der Waals surface area contributed by atoms with Gasteiger partial charge in [-0.25, -0.2) is 0 Å². The Bertz CT molecular complexity index is 440. The van der Waals surface area contributed by atoms with Crippen LogP contribution in [-0.4, -0.2) is 40.8 Å². The molecule has 1 rings (SSSR count). The first-order valence-electron chi connectivity index (χ1n) is 6.77. The van der Waals surface area contributed by atoms with E-state index < -0.39 is 5.97 Å². The van der Waals surface area contributed by atoms with E-state index >= 15 is 0 Å². The number of aliphatic carboxylic acids is 1. The lowest BCUT2D eigenvalue weighted by molar-refractivity contribution is -0.137. The van der Waals surface area contributed by atoms with E-state index in [2.05, 4.69) is 5.32 Å². The molecule has 1 aromatic heterocycles. The summed E-state index contributed by atoms with van der Waals surface area (Å²) in [6.45, 7) is 5.00. The van der Waals surface area contributed by atoms with Crippen LogP contribution in [0.1, 0.15) is 37.2 Å². The average Bonchev–Trinajstić information content (AvgIpc) is 2.80. The van der Waals surface area contributed by atoms with Gasteiger partial charge >= 0.3 is 5.97 Å². The summed E-state index contributed by atoms with van der Waals surface area (Å²) < 4.78 is 6.82. The van der Waals surface area contributed by atoms with Crippen LogP contribution in [0.3, 0.4) is 0 Å². The number of amides is 1. The van der Waals surface area contributed by atoms with Crippen molar-refractivity contribution in [2.45, 2.75) is 39.3 Å². The highest BCUT2D eigenvalue weighted by Gasteiger charge is 2.11. The second kappa shape index (κ2) is 8.37. The third-order valence-corrected chi connectivity index (χ3v) is 2.68. The number of hydrogen-bond acceptors (Lipinski definition) is 3. The molecule has 0 radical (unpaired) electrons. The number of carboxylic acids is 1. The van der Waals surface area contributed by atoms with Crippen LogP contribution in [0.2, 0.25) is 0 Å². The van der Waals surface area contributed by atoms with Gasteiger partial charge < -0.3 is 19.7 Å². The quantitative estimate of drug-likeness (QED) is 0.673. The maximum atomic E-state index is 11.9. The minimum absolute atomic E-state index is 0.210. The highest BCUT2D eigenvalue weighted by Crippen LogP contribution is 2.02. The van der Waals surface area contributed by atoms with E-state index in [1.165, 1.54) is 4.57 Å². The smallest absolute Gasteiger partial charge is 0.323 e. The molecule has 0 saturated heterocycles. The Hall–Kier alpha value is -1.82. The van der Waals surface area contributed by atoms with Crippen LogP contribution in [0, 0.1) is 0 Å². The molecule has 1 heterocycles. The van der Waals surface area contributed by atoms with E-state index in [0.717, 1.165) is 12.8 Å². The Morgan fingerprint density at radius 3 is 2.80 bits per heavy atom. The molecule has 112 valence electrons. The lowest BCUT2D eigenvalue weighted by atomic mass is 10.3. The molecular formula is C14H22N2O4. The van der Waals surface area contributed by atoms with Gasteiger partial charge in [0, 0.05) is 19.3 Å². The summed E-state index contributed by atoms with van der Waals surface area (Å²) >= 11 is 0. The minimum Gasteiger partial charge on any atom is -0.480 e. The van der Waals surface area contributed by atoms with Gasteiger partial charge in [0.25, 0.3) is 5.91 Å². The van der Waals surface area contributed by atoms with Crippen LogP contribution in [0.4, 0.5) is 0 Å². The van der Waals surface area contributed by atoms with E-state index in [1.54, 1.807) is 18.3 Å². The van der Waals surface area contributed by atoms with Gasteiger partial charge in [-0.3, -0.25) is 9.59 Å². The SMILES string of the molecule is CC(C)OCCCCNC(=O)c1cccn1CC(=O)O. The largest absolute Gasteiger partial charge is 0.480 e. The van der Waals surface area contributed by atoms with Crippen LogP contribution in [0.5, 0.6) is 0 Å². The number of ether oxygens (including phenoxy) is 1. The molecule has 0 bridgehead atoms. The molecule has 0 atom stereocenters. The second-order valence-corrected chi connectivity index (χ2v) is 4.80. The summed E-state index contributed by atoms with van der Waals surface area (Å²) in [6, 6.07) is 3.27. The molecule has 0 aliphatic heterocycles. The second-order valence-electron chi connectivity index (χ2n) is 4.80. The molecular weight excluding hydrogens is 260 g/mol. The fraction of sp³-hybridized carbons (Fsp3) is 0.571. The first-order valence-corrected chi connectivity index (χ1v) is 6.77. The van der Waals surface area contributed by atoms with Crippen LogP contribution in [0.15, 0.2) is 18.3 Å². The van der Waals surface area contributed by atoms with Crippen molar-refractivity contribution in [2.24, 2.45) is 0 Å². The average molecular weight is 282 g/mol. The molecule has 1 amide bonds. The maximum absolute atomic E-state index is 11.9. The zero-order valence-electron chi connectivity index (χ0n) is 12.0. The Morgan fingerprint density at radius 1 is 1.40 bits per heavy atom. The molecule has 0 aromatic carbocycles. The van der Waals surface area contributed by atoms with Crippen molar-refractivity contribution in [3.63, 3.8) is 0 Å². The third kappa shape index (κ3) is 5.88. The molecule has 6 nitrogen and oxygen atoms in total. The summed E-state index contributed by atoms with van der Waals surface area (Å²) in [4.78, 5) is 22.6. The summed E-state index contributed by atoms with van der Waals surface area (Å²) in [5, 5.41) is 11.5. The summed E-state index contributed by atoms with van der Waals surface area (Å²) in [6.07, 6.45) is 3.52. The number of unbranched alkanes of at least 4 members (excludes halogenated alkanes) is 1. The zero-order chi connectivity index (χ0) is 15.0. The first-order chi connectivity index (χ1) is 9.50. The number of rotatable bonds is 9. The molecule has 0 aliphatic rings. The van der Waals surface area contributed by atoms with Crippen molar-refractivity contribution in [3.05, 3.63) is 24.0 Å². The van der Waals surface area contributed by atoms with Crippen molar-refractivity contribution >= 4 is 11.9 Å². The van der Waals surface area contributed by atoms with Gasteiger partial charge in [-0.1, -0.05) is 0 Å². The normalized spacial score (nSPS) is 10.8. The molecule has 0 saturated carbocycles. The third-order valence-electron chi connectivity index (χ3n) is 2.68. The minimum atomic E-state index is -0.971. The number of carboxylic acid groups (broad SMARTS) is 1. The van der Waals surface area contributed by atoms with Gasteiger partial charge in [0.1, 0.15) is 12.2 Å². The number of nitrogens with one attached hydrogen (secondary N) is 1. The topological polar surface area (TPSA) is 80.6 Å². The molecule has 0 fully saturated rings. The van der Waals surface area contributed by atoms with Crippen LogP contribution in [0.25, 0.3) is 0 Å². The molecule has 0 unspecified atom stereocenters. The molecule has 0 spiro atoms. The Labute approximate surface area is 118 Å². The summed E-state index contributed by atoms with van der Waals surface area (Å²) in [7, 11) is 0. The number of carbonyl (C=O) groups excluding carboxylic acids is 1. The lowest BCUT2D eigenvalue weighted by Crippen LogP contribution is -2.27. The van der Waals surface area contributed by atoms with Crippen molar-refractivity contribution in [3.8, 4) is 0 Å².